The van der Waals surface area contributed by atoms with Gasteiger partial charge >= 0.3 is 0 Å². The predicted octanol–water partition coefficient (Wildman–Crippen LogP) is 3.24. The number of imidazole rings is 1. The second kappa shape index (κ2) is 7.70. The number of aromatic nitrogens is 4. The van der Waals surface area contributed by atoms with Gasteiger partial charge in [-0.25, -0.2) is 9.97 Å². The molecule has 0 radical (unpaired) electrons. The van der Waals surface area contributed by atoms with Gasteiger partial charge in [0.25, 0.3) is 5.91 Å². The van der Waals surface area contributed by atoms with E-state index in [0.29, 0.717) is 6.54 Å². The molecule has 1 amide bonds. The summed E-state index contributed by atoms with van der Waals surface area (Å²) in [7, 11) is 0. The molecule has 1 aliphatic heterocycles. The lowest BCUT2D eigenvalue weighted by atomic mass is 9.94. The van der Waals surface area contributed by atoms with E-state index in [1.807, 2.05) is 52.2 Å². The van der Waals surface area contributed by atoms with E-state index in [2.05, 4.69) is 16.9 Å². The zero-order chi connectivity index (χ0) is 18.6. The number of aryl methyl sites for hydroxylation is 1. The van der Waals surface area contributed by atoms with Gasteiger partial charge in [-0.05, 0) is 25.0 Å². The summed E-state index contributed by atoms with van der Waals surface area (Å²) in [4.78, 5) is 28.3. The van der Waals surface area contributed by atoms with Crippen molar-refractivity contribution >= 4 is 5.91 Å². The first kappa shape index (κ1) is 17.4. The van der Waals surface area contributed by atoms with E-state index in [9.17, 15) is 4.79 Å². The van der Waals surface area contributed by atoms with Gasteiger partial charge in [0, 0.05) is 49.6 Å². The number of carbonyl (C=O) groups is 1. The normalized spacial score (nSPS) is 17.1. The first-order valence-corrected chi connectivity index (χ1v) is 9.45. The molecular formula is C21H23N5O. The molecule has 138 valence electrons. The van der Waals surface area contributed by atoms with Crippen LogP contribution in [0, 0.1) is 0 Å². The summed E-state index contributed by atoms with van der Waals surface area (Å²) in [5, 5.41) is 0. The van der Waals surface area contributed by atoms with Gasteiger partial charge in [-0.3, -0.25) is 14.3 Å². The van der Waals surface area contributed by atoms with Gasteiger partial charge in [-0.1, -0.05) is 25.1 Å². The third kappa shape index (κ3) is 3.60. The Morgan fingerprint density at radius 3 is 2.89 bits per heavy atom. The third-order valence-corrected chi connectivity index (χ3v) is 5.07. The Kier molecular flexibility index (Phi) is 4.96. The Labute approximate surface area is 158 Å². The van der Waals surface area contributed by atoms with E-state index in [1.54, 1.807) is 12.4 Å². The van der Waals surface area contributed by atoms with Gasteiger partial charge in [0.2, 0.25) is 0 Å². The van der Waals surface area contributed by atoms with E-state index in [0.717, 1.165) is 48.7 Å². The summed E-state index contributed by atoms with van der Waals surface area (Å²) in [5.41, 5.74) is 1.68. The predicted molar refractivity (Wildman–Crippen MR) is 103 cm³/mol. The Morgan fingerprint density at radius 1 is 1.22 bits per heavy atom. The molecule has 1 fully saturated rings. The van der Waals surface area contributed by atoms with Crippen molar-refractivity contribution in [3.05, 3.63) is 72.2 Å². The molecule has 6 heteroatoms. The van der Waals surface area contributed by atoms with Crippen molar-refractivity contribution in [2.75, 3.05) is 13.1 Å². The minimum absolute atomic E-state index is 0.0901. The highest BCUT2D eigenvalue weighted by molar-refractivity contribution is 5.94. The highest BCUT2D eigenvalue weighted by Gasteiger charge is 2.26. The number of benzene rings is 1. The van der Waals surface area contributed by atoms with Crippen molar-refractivity contribution in [3.63, 3.8) is 0 Å². The summed E-state index contributed by atoms with van der Waals surface area (Å²) in [5.74, 6) is 2.04. The fraction of sp³-hybridized carbons (Fsp3) is 0.333. The van der Waals surface area contributed by atoms with Crippen molar-refractivity contribution in [3.8, 4) is 5.82 Å². The largest absolute Gasteiger partial charge is 0.338 e. The molecule has 1 unspecified atom stereocenters. The number of hydrogen-bond acceptors (Lipinski definition) is 4. The first-order valence-electron chi connectivity index (χ1n) is 9.45. The molecule has 0 saturated carbocycles. The zero-order valence-electron chi connectivity index (χ0n) is 15.5. The molecule has 6 nitrogen and oxygen atoms in total. The van der Waals surface area contributed by atoms with Crippen molar-refractivity contribution in [1.82, 2.24) is 24.4 Å². The molecule has 0 aliphatic carbocycles. The highest BCUT2D eigenvalue weighted by Crippen LogP contribution is 2.27. The lowest BCUT2D eigenvalue weighted by Gasteiger charge is -2.32. The van der Waals surface area contributed by atoms with Crippen LogP contribution in [0.15, 0.2) is 55.1 Å². The van der Waals surface area contributed by atoms with Gasteiger partial charge in [-0.15, -0.1) is 0 Å². The zero-order valence-corrected chi connectivity index (χ0v) is 15.5. The Hall–Kier alpha value is -3.02. The molecule has 0 spiro atoms. The monoisotopic (exact) mass is 361 g/mol. The second-order valence-electron chi connectivity index (χ2n) is 6.83. The molecule has 3 heterocycles. The van der Waals surface area contributed by atoms with Crippen LogP contribution in [0.1, 0.15) is 47.6 Å². The average molecular weight is 361 g/mol. The first-order chi connectivity index (χ1) is 13.3. The molecule has 1 aliphatic rings. The molecule has 1 saturated heterocycles. The molecule has 1 atom stereocenters. The number of nitrogens with zero attached hydrogens (tertiary/aromatic N) is 5. The Balaban J connectivity index is 1.55. The van der Waals surface area contributed by atoms with Crippen LogP contribution < -0.4 is 0 Å². The van der Waals surface area contributed by atoms with Crippen LogP contribution in [0.2, 0.25) is 0 Å². The molecule has 3 aromatic rings. The number of amides is 1. The van der Waals surface area contributed by atoms with Crippen LogP contribution >= 0.6 is 0 Å². The van der Waals surface area contributed by atoms with Crippen LogP contribution in [-0.2, 0) is 6.42 Å². The van der Waals surface area contributed by atoms with Crippen LogP contribution in [-0.4, -0.2) is 43.4 Å². The summed E-state index contributed by atoms with van der Waals surface area (Å²) in [6.07, 6.45) is 10.1. The molecule has 2 aromatic heterocycles. The molecular weight excluding hydrogens is 338 g/mol. The van der Waals surface area contributed by atoms with Crippen molar-refractivity contribution < 1.29 is 4.79 Å². The Bertz CT molecular complexity index is 921. The summed E-state index contributed by atoms with van der Waals surface area (Å²) < 4.78 is 1.98. The number of rotatable bonds is 4. The van der Waals surface area contributed by atoms with Crippen molar-refractivity contribution in [2.45, 2.75) is 32.1 Å². The smallest absolute Gasteiger partial charge is 0.253 e. The molecule has 4 rings (SSSR count). The number of likely N-dealkylation sites (tertiary alicyclic amines) is 1. The maximum Gasteiger partial charge on any atom is 0.253 e. The van der Waals surface area contributed by atoms with Crippen LogP contribution in [0.25, 0.3) is 5.82 Å². The van der Waals surface area contributed by atoms with Crippen LogP contribution in [0.4, 0.5) is 0 Å². The van der Waals surface area contributed by atoms with Crippen molar-refractivity contribution in [1.29, 1.82) is 0 Å². The number of hydrogen-bond donors (Lipinski definition) is 0. The SMILES string of the molecule is CCc1nccn1-c1cncc(C2CCCN(C(=O)c3ccccc3)C2)n1. The van der Waals surface area contributed by atoms with Gasteiger partial charge in [0.1, 0.15) is 5.82 Å². The fourth-order valence-electron chi connectivity index (χ4n) is 3.65. The molecule has 0 bridgehead atoms. The maximum atomic E-state index is 12.8. The van der Waals surface area contributed by atoms with E-state index >= 15 is 0 Å². The Morgan fingerprint density at radius 2 is 2.07 bits per heavy atom. The molecule has 0 N–H and O–H groups in total. The van der Waals surface area contributed by atoms with Crippen LogP contribution in [0.3, 0.4) is 0 Å². The number of piperidine rings is 1. The van der Waals surface area contributed by atoms with Gasteiger partial charge in [-0.2, -0.15) is 0 Å². The van der Waals surface area contributed by atoms with Crippen molar-refractivity contribution in [2.24, 2.45) is 0 Å². The average Bonchev–Trinajstić information content (AvgIpc) is 3.23. The summed E-state index contributed by atoms with van der Waals surface area (Å²) in [6, 6.07) is 9.48. The summed E-state index contributed by atoms with van der Waals surface area (Å²) in [6.45, 7) is 3.54. The number of carbonyl (C=O) groups excluding carboxylic acids is 1. The minimum atomic E-state index is 0.0901. The molecule has 1 aromatic carbocycles. The van der Waals surface area contributed by atoms with E-state index in [-0.39, 0.29) is 11.8 Å². The lowest BCUT2D eigenvalue weighted by Crippen LogP contribution is -2.39. The van der Waals surface area contributed by atoms with Gasteiger partial charge in [0.15, 0.2) is 5.82 Å². The van der Waals surface area contributed by atoms with Gasteiger partial charge < -0.3 is 4.90 Å². The standard InChI is InChI=1S/C21H23N5O/c1-2-19-23-10-12-26(19)20-14-22-13-18(24-20)17-9-6-11-25(15-17)21(27)16-7-4-3-5-8-16/h3-5,7-8,10,12-14,17H,2,6,9,11,15H2,1H3. The summed E-state index contributed by atoms with van der Waals surface area (Å²) >= 11 is 0. The second-order valence-corrected chi connectivity index (χ2v) is 6.83. The van der Waals surface area contributed by atoms with E-state index < -0.39 is 0 Å². The van der Waals surface area contributed by atoms with Crippen LogP contribution in [0.5, 0.6) is 0 Å². The highest BCUT2D eigenvalue weighted by atomic mass is 16.2. The lowest BCUT2D eigenvalue weighted by molar-refractivity contribution is 0.0706. The minimum Gasteiger partial charge on any atom is -0.338 e. The van der Waals surface area contributed by atoms with E-state index in [1.165, 1.54) is 0 Å². The third-order valence-electron chi connectivity index (χ3n) is 5.07. The van der Waals surface area contributed by atoms with Gasteiger partial charge in [0.05, 0.1) is 11.9 Å². The van der Waals surface area contributed by atoms with E-state index in [4.69, 9.17) is 4.98 Å². The fourth-order valence-corrected chi connectivity index (χ4v) is 3.65. The quantitative estimate of drug-likeness (QED) is 0.716. The topological polar surface area (TPSA) is 63.9 Å². The molecule has 27 heavy (non-hydrogen) atoms. The maximum absolute atomic E-state index is 12.8.